The Morgan fingerprint density at radius 3 is 2.38 bits per heavy atom. The maximum Gasteiger partial charge on any atom is 0.337 e. The molecule has 0 spiro atoms. The number of aromatic nitrogens is 1. The summed E-state index contributed by atoms with van der Waals surface area (Å²) >= 11 is 0. The van der Waals surface area contributed by atoms with E-state index in [2.05, 4.69) is 0 Å². The molecule has 0 bridgehead atoms. The Balaban J connectivity index is 2.13. The summed E-state index contributed by atoms with van der Waals surface area (Å²) in [6.45, 7) is 3.60. The van der Waals surface area contributed by atoms with E-state index in [0.29, 0.717) is 33.4 Å². The molecule has 0 aliphatic rings. The summed E-state index contributed by atoms with van der Waals surface area (Å²) < 4.78 is 26.1. The molecule has 1 aromatic heterocycles. The number of aliphatic hydroxyl groups excluding tert-OH is 1. The Labute approximate surface area is 196 Å². The smallest absolute Gasteiger partial charge is 0.337 e. The summed E-state index contributed by atoms with van der Waals surface area (Å²) in [5.41, 5.74) is 3.08. The second-order valence-electron chi connectivity index (χ2n) is 8.66. The summed E-state index contributed by atoms with van der Waals surface area (Å²) in [6.07, 6.45) is 0. The Morgan fingerprint density at radius 1 is 1.06 bits per heavy atom. The molecule has 0 fully saturated rings. The zero-order chi connectivity index (χ0) is 24.6. The summed E-state index contributed by atoms with van der Waals surface area (Å²) in [6, 6.07) is 16.6. The van der Waals surface area contributed by atoms with Crippen molar-refractivity contribution in [2.24, 2.45) is 0 Å². The van der Waals surface area contributed by atoms with Gasteiger partial charge in [-0.2, -0.15) is 0 Å². The second-order valence-corrected chi connectivity index (χ2v) is 8.66. The molecule has 2 N–H and O–H groups in total. The van der Waals surface area contributed by atoms with Gasteiger partial charge in [0, 0.05) is 33.8 Å². The molecule has 0 unspecified atom stereocenters. The van der Waals surface area contributed by atoms with Gasteiger partial charge in [0.25, 0.3) is 0 Å². The van der Waals surface area contributed by atoms with E-state index >= 15 is 0 Å². The molecule has 0 saturated carbocycles. The fourth-order valence-electron chi connectivity index (χ4n) is 4.26. The van der Waals surface area contributed by atoms with Crippen LogP contribution in [0.1, 0.15) is 29.9 Å². The molecule has 4 aromatic rings. The number of hydrogen-bond acceptors (Lipinski definition) is 5. The largest absolute Gasteiger partial charge is 0.507 e. The first-order valence-electron chi connectivity index (χ1n) is 10.7. The topological polar surface area (TPSA) is 80.9 Å². The van der Waals surface area contributed by atoms with Crippen LogP contribution in [0.4, 0.5) is 4.39 Å². The number of aromatic hydroxyl groups is 1. The molecule has 0 amide bonds. The van der Waals surface area contributed by atoms with Crippen LogP contribution >= 0.6 is 0 Å². The predicted molar refractivity (Wildman–Crippen MR) is 128 cm³/mol. The highest BCUT2D eigenvalue weighted by Crippen LogP contribution is 2.46. The van der Waals surface area contributed by atoms with E-state index in [9.17, 15) is 19.4 Å². The van der Waals surface area contributed by atoms with Gasteiger partial charge in [0.15, 0.2) is 11.6 Å². The number of phenolic OH excluding ortho intramolecular Hbond substituents is 1. The number of rotatable bonds is 6. The number of methoxy groups -OCH3 is 2. The van der Waals surface area contributed by atoms with Crippen LogP contribution in [-0.2, 0) is 10.2 Å². The molecule has 6 nitrogen and oxygen atoms in total. The third kappa shape index (κ3) is 3.78. The second kappa shape index (κ2) is 8.83. The molecule has 176 valence electrons. The average Bonchev–Trinajstić information content (AvgIpc) is 3.21. The van der Waals surface area contributed by atoms with Crippen LogP contribution in [0, 0.1) is 5.82 Å². The monoisotopic (exact) mass is 463 g/mol. The third-order valence-electron chi connectivity index (χ3n) is 6.00. The predicted octanol–water partition coefficient (Wildman–Crippen LogP) is 5.21. The lowest BCUT2D eigenvalue weighted by Crippen LogP contribution is -2.26. The molecule has 0 saturated heterocycles. The molecule has 7 heteroatoms. The van der Waals surface area contributed by atoms with Gasteiger partial charge in [0.2, 0.25) is 0 Å². The highest BCUT2D eigenvalue weighted by Gasteiger charge is 2.32. The van der Waals surface area contributed by atoms with Gasteiger partial charge >= 0.3 is 5.97 Å². The lowest BCUT2D eigenvalue weighted by atomic mass is 9.84. The number of carbonyl (C=O) groups excluding carboxylic acids is 1. The standard InChI is InChI=1S/C27H26FNO5/c1-27(2,15-30)25-23(16-8-10-17(11-9-16)26(32)34-4)24-20(6-5-7-21(24)31)29(25)18-12-13-19(28)22(14-18)33-3/h5-14,30-31H,15H2,1-4H3. The van der Waals surface area contributed by atoms with Crippen LogP contribution < -0.4 is 4.74 Å². The Hall–Kier alpha value is -3.84. The van der Waals surface area contributed by atoms with Crippen molar-refractivity contribution in [1.29, 1.82) is 0 Å². The van der Waals surface area contributed by atoms with Gasteiger partial charge in [-0.3, -0.25) is 0 Å². The van der Waals surface area contributed by atoms with Gasteiger partial charge in [-0.25, -0.2) is 9.18 Å². The number of halogens is 1. The van der Waals surface area contributed by atoms with E-state index in [4.69, 9.17) is 9.47 Å². The van der Waals surface area contributed by atoms with E-state index in [1.54, 1.807) is 48.5 Å². The van der Waals surface area contributed by atoms with E-state index < -0.39 is 17.2 Å². The Kier molecular flexibility index (Phi) is 6.06. The lowest BCUT2D eigenvalue weighted by Gasteiger charge is -2.27. The molecular weight excluding hydrogens is 437 g/mol. The van der Waals surface area contributed by atoms with Crippen molar-refractivity contribution in [2.75, 3.05) is 20.8 Å². The number of aliphatic hydroxyl groups is 1. The zero-order valence-electron chi connectivity index (χ0n) is 19.4. The Morgan fingerprint density at radius 2 is 1.76 bits per heavy atom. The molecule has 0 radical (unpaired) electrons. The minimum atomic E-state index is -0.760. The first-order chi connectivity index (χ1) is 16.2. The van der Waals surface area contributed by atoms with Gasteiger partial charge in [0.05, 0.1) is 31.9 Å². The fourth-order valence-corrected chi connectivity index (χ4v) is 4.26. The van der Waals surface area contributed by atoms with E-state index in [0.717, 1.165) is 5.56 Å². The van der Waals surface area contributed by atoms with Gasteiger partial charge in [-0.1, -0.05) is 32.0 Å². The highest BCUT2D eigenvalue weighted by molar-refractivity contribution is 6.04. The molecule has 34 heavy (non-hydrogen) atoms. The van der Waals surface area contributed by atoms with E-state index in [1.807, 2.05) is 24.5 Å². The summed E-state index contributed by atoms with van der Waals surface area (Å²) in [7, 11) is 2.72. The number of esters is 1. The van der Waals surface area contributed by atoms with Crippen molar-refractivity contribution < 1.29 is 28.9 Å². The van der Waals surface area contributed by atoms with Crippen LogP contribution in [0.15, 0.2) is 60.7 Å². The number of carbonyl (C=O) groups is 1. The normalized spacial score (nSPS) is 11.6. The van der Waals surface area contributed by atoms with Crippen LogP contribution in [0.5, 0.6) is 11.5 Å². The molecule has 1 heterocycles. The summed E-state index contributed by atoms with van der Waals surface area (Å²) in [4.78, 5) is 11.9. The van der Waals surface area contributed by atoms with Gasteiger partial charge in [-0.15, -0.1) is 0 Å². The number of nitrogens with zero attached hydrogens (tertiary/aromatic N) is 1. The van der Waals surface area contributed by atoms with Gasteiger partial charge < -0.3 is 24.3 Å². The van der Waals surface area contributed by atoms with Crippen molar-refractivity contribution in [3.8, 4) is 28.3 Å². The maximum atomic E-state index is 14.2. The third-order valence-corrected chi connectivity index (χ3v) is 6.00. The van der Waals surface area contributed by atoms with Crippen molar-refractivity contribution in [3.05, 3.63) is 77.7 Å². The lowest BCUT2D eigenvalue weighted by molar-refractivity contribution is 0.0600. The summed E-state index contributed by atoms with van der Waals surface area (Å²) in [5.74, 6) is -0.804. The maximum absolute atomic E-state index is 14.2. The molecular formula is C27H26FNO5. The van der Waals surface area contributed by atoms with Crippen LogP contribution in [0.3, 0.4) is 0 Å². The van der Waals surface area contributed by atoms with E-state index in [-0.39, 0.29) is 18.1 Å². The fraction of sp³-hybridized carbons (Fsp3) is 0.222. The van der Waals surface area contributed by atoms with Crippen LogP contribution in [-0.4, -0.2) is 41.6 Å². The number of hydrogen-bond donors (Lipinski definition) is 2. The van der Waals surface area contributed by atoms with Crippen LogP contribution in [0.25, 0.3) is 27.7 Å². The van der Waals surface area contributed by atoms with Crippen molar-refractivity contribution in [1.82, 2.24) is 4.57 Å². The minimum Gasteiger partial charge on any atom is -0.507 e. The SMILES string of the molecule is COC(=O)c1ccc(-c2c(C(C)(C)CO)n(-c3ccc(F)c(OC)c3)c3cccc(O)c23)cc1. The first-order valence-corrected chi connectivity index (χ1v) is 10.7. The van der Waals surface area contributed by atoms with Gasteiger partial charge in [-0.05, 0) is 42.0 Å². The van der Waals surface area contributed by atoms with Crippen molar-refractivity contribution in [3.63, 3.8) is 0 Å². The minimum absolute atomic E-state index is 0.0624. The van der Waals surface area contributed by atoms with Crippen molar-refractivity contribution >= 4 is 16.9 Å². The summed E-state index contributed by atoms with van der Waals surface area (Å²) in [5, 5.41) is 21.9. The number of ether oxygens (including phenoxy) is 2. The molecule has 0 aliphatic heterocycles. The number of fused-ring (bicyclic) bond motifs is 1. The van der Waals surface area contributed by atoms with Crippen molar-refractivity contribution in [2.45, 2.75) is 19.3 Å². The highest BCUT2D eigenvalue weighted by atomic mass is 19.1. The molecule has 0 aliphatic carbocycles. The van der Waals surface area contributed by atoms with Gasteiger partial charge in [0.1, 0.15) is 5.75 Å². The molecule has 4 rings (SSSR count). The Bertz CT molecular complexity index is 1370. The number of phenols is 1. The molecule has 0 atom stereocenters. The quantitative estimate of drug-likeness (QED) is 0.384. The molecule has 3 aromatic carbocycles. The number of benzene rings is 3. The van der Waals surface area contributed by atoms with E-state index in [1.165, 1.54) is 20.3 Å². The zero-order valence-corrected chi connectivity index (χ0v) is 19.4. The first kappa shape index (κ1) is 23.3. The average molecular weight is 464 g/mol. The van der Waals surface area contributed by atoms with Crippen LogP contribution in [0.2, 0.25) is 0 Å².